The molecule has 0 spiro atoms. The van der Waals surface area contributed by atoms with Gasteiger partial charge in [-0.05, 0) is 49.2 Å². The van der Waals surface area contributed by atoms with E-state index in [4.69, 9.17) is 4.74 Å². The van der Waals surface area contributed by atoms with Gasteiger partial charge in [0.25, 0.3) is 0 Å². The van der Waals surface area contributed by atoms with Crippen LogP contribution in [0.4, 0.5) is 0 Å². The third-order valence-corrected chi connectivity index (χ3v) is 3.97. The molecule has 1 heterocycles. The van der Waals surface area contributed by atoms with Gasteiger partial charge in [0.2, 0.25) is 5.91 Å². The van der Waals surface area contributed by atoms with Gasteiger partial charge in [0.1, 0.15) is 11.5 Å². The highest BCUT2D eigenvalue weighted by Gasteiger charge is 2.19. The van der Waals surface area contributed by atoms with E-state index in [9.17, 15) is 4.79 Å². The van der Waals surface area contributed by atoms with E-state index in [1.54, 1.807) is 0 Å². The van der Waals surface area contributed by atoms with Crippen LogP contribution in [0.5, 0.6) is 11.5 Å². The Bertz CT molecular complexity index is 643. The summed E-state index contributed by atoms with van der Waals surface area (Å²) in [4.78, 5) is 12.1. The molecule has 1 amide bonds. The van der Waals surface area contributed by atoms with Crippen LogP contribution >= 0.6 is 12.4 Å². The van der Waals surface area contributed by atoms with Crippen LogP contribution in [0, 0.1) is 0 Å². The normalized spacial score (nSPS) is 16.8. The first-order chi connectivity index (χ1) is 11.3. The topological polar surface area (TPSA) is 50.4 Å². The quantitative estimate of drug-likeness (QED) is 0.868. The van der Waals surface area contributed by atoms with Gasteiger partial charge in [-0.1, -0.05) is 36.8 Å². The average molecular weight is 347 g/mol. The number of hydrogen-bond acceptors (Lipinski definition) is 3. The predicted molar refractivity (Wildman–Crippen MR) is 97.7 cm³/mol. The molecule has 2 N–H and O–H groups in total. The summed E-state index contributed by atoms with van der Waals surface area (Å²) in [5.74, 6) is 1.66. The molecular weight excluding hydrogens is 324 g/mol. The third kappa shape index (κ3) is 5.25. The number of carbonyl (C=O) groups is 1. The lowest BCUT2D eigenvalue weighted by atomic mass is 10.0. The first kappa shape index (κ1) is 18.3. The van der Waals surface area contributed by atoms with Crippen LogP contribution in [0.2, 0.25) is 0 Å². The zero-order valence-corrected chi connectivity index (χ0v) is 14.4. The van der Waals surface area contributed by atoms with Crippen molar-refractivity contribution < 1.29 is 9.53 Å². The molecule has 1 saturated heterocycles. The zero-order chi connectivity index (χ0) is 15.9. The first-order valence-corrected chi connectivity index (χ1v) is 8.14. The monoisotopic (exact) mass is 346 g/mol. The number of ether oxygens (including phenoxy) is 1. The van der Waals surface area contributed by atoms with Gasteiger partial charge in [-0.3, -0.25) is 4.79 Å². The van der Waals surface area contributed by atoms with E-state index in [1.165, 1.54) is 0 Å². The highest BCUT2D eigenvalue weighted by Crippen LogP contribution is 2.21. The largest absolute Gasteiger partial charge is 0.457 e. The van der Waals surface area contributed by atoms with Crippen molar-refractivity contribution in [3.63, 3.8) is 0 Å². The molecule has 1 aliphatic rings. The summed E-state index contributed by atoms with van der Waals surface area (Å²) in [5.41, 5.74) is 1.03. The minimum Gasteiger partial charge on any atom is -0.457 e. The maximum atomic E-state index is 12.1. The van der Waals surface area contributed by atoms with Crippen LogP contribution in [-0.2, 0) is 11.3 Å². The Morgan fingerprint density at radius 3 is 2.62 bits per heavy atom. The fourth-order valence-electron chi connectivity index (χ4n) is 2.73. The molecule has 1 fully saturated rings. The van der Waals surface area contributed by atoms with E-state index in [0.29, 0.717) is 6.54 Å². The molecular formula is C19H23ClN2O2. The lowest BCUT2D eigenvalue weighted by Crippen LogP contribution is -2.46. The third-order valence-electron chi connectivity index (χ3n) is 3.97. The van der Waals surface area contributed by atoms with Crippen molar-refractivity contribution in [2.24, 2.45) is 0 Å². The minimum absolute atomic E-state index is 0. The molecule has 3 rings (SSSR count). The predicted octanol–water partition coefficient (Wildman–Crippen LogP) is 3.66. The van der Waals surface area contributed by atoms with Crippen molar-refractivity contribution >= 4 is 18.3 Å². The van der Waals surface area contributed by atoms with Gasteiger partial charge in [-0.15, -0.1) is 12.4 Å². The summed E-state index contributed by atoms with van der Waals surface area (Å²) in [6, 6.07) is 17.4. The SMILES string of the molecule is Cl.O=C(NCc1cccc(Oc2ccccc2)c1)C1CCCCN1. The van der Waals surface area contributed by atoms with E-state index in [-0.39, 0.29) is 24.4 Å². The zero-order valence-electron chi connectivity index (χ0n) is 13.5. The first-order valence-electron chi connectivity index (χ1n) is 8.14. The van der Waals surface area contributed by atoms with Crippen molar-refractivity contribution in [2.45, 2.75) is 31.8 Å². The molecule has 2 aromatic carbocycles. The Morgan fingerprint density at radius 2 is 1.88 bits per heavy atom. The summed E-state index contributed by atoms with van der Waals surface area (Å²) in [5, 5.41) is 6.27. The number of hydrogen-bond donors (Lipinski definition) is 2. The van der Waals surface area contributed by atoms with Crippen LogP contribution in [0.3, 0.4) is 0 Å². The number of nitrogens with one attached hydrogen (secondary N) is 2. The Balaban J connectivity index is 0.00000208. The molecule has 0 aromatic heterocycles. The highest BCUT2D eigenvalue weighted by molar-refractivity contribution is 5.85. The lowest BCUT2D eigenvalue weighted by molar-refractivity contribution is -0.123. The number of para-hydroxylation sites is 1. The second-order valence-electron chi connectivity index (χ2n) is 5.78. The van der Waals surface area contributed by atoms with E-state index in [0.717, 1.165) is 42.9 Å². The van der Waals surface area contributed by atoms with Crippen LogP contribution < -0.4 is 15.4 Å². The smallest absolute Gasteiger partial charge is 0.237 e. The number of rotatable bonds is 5. The maximum absolute atomic E-state index is 12.1. The number of amides is 1. The Hall–Kier alpha value is -2.04. The van der Waals surface area contributed by atoms with E-state index >= 15 is 0 Å². The molecule has 2 aromatic rings. The van der Waals surface area contributed by atoms with Gasteiger partial charge in [0.15, 0.2) is 0 Å². The molecule has 0 aliphatic carbocycles. The van der Waals surface area contributed by atoms with Crippen molar-refractivity contribution in [1.29, 1.82) is 0 Å². The number of benzene rings is 2. The highest BCUT2D eigenvalue weighted by atomic mass is 35.5. The van der Waals surface area contributed by atoms with Gasteiger partial charge in [0.05, 0.1) is 6.04 Å². The van der Waals surface area contributed by atoms with Crippen molar-refractivity contribution in [2.75, 3.05) is 6.54 Å². The summed E-state index contributed by atoms with van der Waals surface area (Å²) >= 11 is 0. The van der Waals surface area contributed by atoms with Crippen molar-refractivity contribution in [3.8, 4) is 11.5 Å². The van der Waals surface area contributed by atoms with E-state index < -0.39 is 0 Å². The average Bonchev–Trinajstić information content (AvgIpc) is 2.62. The Morgan fingerprint density at radius 1 is 1.08 bits per heavy atom. The molecule has 1 atom stereocenters. The molecule has 4 nitrogen and oxygen atoms in total. The molecule has 128 valence electrons. The van der Waals surface area contributed by atoms with Crippen LogP contribution in [0.15, 0.2) is 54.6 Å². The lowest BCUT2D eigenvalue weighted by Gasteiger charge is -2.22. The molecule has 0 bridgehead atoms. The fourth-order valence-corrected chi connectivity index (χ4v) is 2.73. The summed E-state index contributed by atoms with van der Waals surface area (Å²) in [6.45, 7) is 1.45. The van der Waals surface area contributed by atoms with E-state index in [1.807, 2.05) is 54.6 Å². The maximum Gasteiger partial charge on any atom is 0.237 e. The van der Waals surface area contributed by atoms with Crippen LogP contribution in [0.25, 0.3) is 0 Å². The Labute approximate surface area is 149 Å². The van der Waals surface area contributed by atoms with Gasteiger partial charge in [-0.2, -0.15) is 0 Å². The summed E-state index contributed by atoms with van der Waals surface area (Å²) in [7, 11) is 0. The summed E-state index contributed by atoms with van der Waals surface area (Å²) in [6.07, 6.45) is 3.19. The summed E-state index contributed by atoms with van der Waals surface area (Å²) < 4.78 is 5.82. The molecule has 0 radical (unpaired) electrons. The van der Waals surface area contributed by atoms with Gasteiger partial charge < -0.3 is 15.4 Å². The number of piperidine rings is 1. The molecule has 0 saturated carbocycles. The number of carbonyl (C=O) groups excluding carboxylic acids is 1. The minimum atomic E-state index is -0.0486. The second-order valence-corrected chi connectivity index (χ2v) is 5.78. The molecule has 1 aliphatic heterocycles. The van der Waals surface area contributed by atoms with Crippen molar-refractivity contribution in [1.82, 2.24) is 10.6 Å². The standard InChI is InChI=1S/C19H22N2O2.ClH/c22-19(18-11-4-5-12-20-18)21-14-15-7-6-10-17(13-15)23-16-8-2-1-3-9-16;/h1-3,6-10,13,18,20H,4-5,11-12,14H2,(H,21,22);1H. The number of halogens is 1. The fraction of sp³-hybridized carbons (Fsp3) is 0.316. The van der Waals surface area contributed by atoms with Gasteiger partial charge >= 0.3 is 0 Å². The van der Waals surface area contributed by atoms with Gasteiger partial charge in [-0.25, -0.2) is 0 Å². The van der Waals surface area contributed by atoms with E-state index in [2.05, 4.69) is 10.6 Å². The van der Waals surface area contributed by atoms with Crippen molar-refractivity contribution in [3.05, 3.63) is 60.2 Å². The van der Waals surface area contributed by atoms with Crippen LogP contribution in [0.1, 0.15) is 24.8 Å². The second kappa shape index (κ2) is 9.30. The van der Waals surface area contributed by atoms with Gasteiger partial charge in [0, 0.05) is 6.54 Å². The molecule has 1 unspecified atom stereocenters. The Kier molecular flexibility index (Phi) is 7.09. The molecule has 24 heavy (non-hydrogen) atoms. The van der Waals surface area contributed by atoms with Crippen LogP contribution in [-0.4, -0.2) is 18.5 Å². The molecule has 5 heteroatoms.